The maximum Gasteiger partial charge on any atom is 0.234 e. The topological polar surface area (TPSA) is 99.8 Å². The summed E-state index contributed by atoms with van der Waals surface area (Å²) in [7, 11) is 0. The van der Waals surface area contributed by atoms with Gasteiger partial charge in [-0.2, -0.15) is 0 Å². The van der Waals surface area contributed by atoms with Crippen molar-refractivity contribution in [2.75, 3.05) is 0 Å². The largest absolute Gasteiger partial charge is 0.368 e. The summed E-state index contributed by atoms with van der Waals surface area (Å²) in [5, 5.41) is 7.64. The van der Waals surface area contributed by atoms with Gasteiger partial charge in [0.2, 0.25) is 5.91 Å². The zero-order valence-electron chi connectivity index (χ0n) is 7.47. The molecule has 0 radical (unpaired) electrons. The molecule has 4 N–H and O–H groups in total. The Labute approximate surface area is 75.9 Å². The van der Waals surface area contributed by atoms with E-state index in [1.807, 2.05) is 6.92 Å². The average molecular weight is 183 g/mol. The number of carbonyl (C=O) groups is 1. The number of aromatic nitrogens is 3. The molecule has 1 heterocycles. The van der Waals surface area contributed by atoms with Gasteiger partial charge in [-0.15, -0.1) is 5.10 Å². The van der Waals surface area contributed by atoms with E-state index >= 15 is 0 Å². The number of aryl methyl sites for hydroxylation is 1. The number of amides is 1. The van der Waals surface area contributed by atoms with Crippen molar-refractivity contribution in [3.05, 3.63) is 11.9 Å². The van der Waals surface area contributed by atoms with Crippen molar-refractivity contribution in [2.45, 2.75) is 25.9 Å². The Morgan fingerprint density at radius 3 is 2.92 bits per heavy atom. The fraction of sp³-hybridized carbons (Fsp3) is 0.571. The first-order valence-corrected chi connectivity index (χ1v) is 4.07. The van der Waals surface area contributed by atoms with Gasteiger partial charge in [-0.3, -0.25) is 9.48 Å². The SMILES string of the molecule is CCn1cc(CC(N)C(N)=O)nn1. The highest BCUT2D eigenvalue weighted by molar-refractivity contribution is 5.79. The van der Waals surface area contributed by atoms with Crippen LogP contribution in [-0.4, -0.2) is 26.9 Å². The smallest absolute Gasteiger partial charge is 0.234 e. The Morgan fingerprint density at radius 2 is 2.46 bits per heavy atom. The summed E-state index contributed by atoms with van der Waals surface area (Å²) in [6.45, 7) is 2.70. The number of hydrogen-bond acceptors (Lipinski definition) is 4. The summed E-state index contributed by atoms with van der Waals surface area (Å²) in [6.07, 6.45) is 2.10. The van der Waals surface area contributed by atoms with E-state index in [1.165, 1.54) is 0 Å². The van der Waals surface area contributed by atoms with Crippen LogP contribution >= 0.6 is 0 Å². The summed E-state index contributed by atoms with van der Waals surface area (Å²) in [6, 6.07) is -0.679. The number of carbonyl (C=O) groups excluding carboxylic acids is 1. The molecular formula is C7H13N5O. The van der Waals surface area contributed by atoms with Crippen molar-refractivity contribution in [1.82, 2.24) is 15.0 Å². The van der Waals surface area contributed by atoms with E-state index in [1.54, 1.807) is 10.9 Å². The van der Waals surface area contributed by atoms with Crippen LogP contribution < -0.4 is 11.5 Å². The first kappa shape index (κ1) is 9.66. The third kappa shape index (κ3) is 2.51. The molecule has 0 aromatic carbocycles. The minimum Gasteiger partial charge on any atom is -0.368 e. The predicted octanol–water partition coefficient (Wildman–Crippen LogP) is -1.35. The third-order valence-electron chi connectivity index (χ3n) is 1.70. The minimum atomic E-state index is -0.679. The molecule has 6 nitrogen and oxygen atoms in total. The van der Waals surface area contributed by atoms with Crippen LogP contribution in [0.25, 0.3) is 0 Å². The summed E-state index contributed by atoms with van der Waals surface area (Å²) >= 11 is 0. The summed E-state index contributed by atoms with van der Waals surface area (Å²) in [5.74, 6) is -0.522. The fourth-order valence-corrected chi connectivity index (χ4v) is 0.913. The predicted molar refractivity (Wildman–Crippen MR) is 46.6 cm³/mol. The Hall–Kier alpha value is -1.43. The van der Waals surface area contributed by atoms with E-state index in [0.29, 0.717) is 12.1 Å². The lowest BCUT2D eigenvalue weighted by Crippen LogP contribution is -2.38. The second-order valence-electron chi connectivity index (χ2n) is 2.78. The van der Waals surface area contributed by atoms with Crippen LogP contribution in [0.1, 0.15) is 12.6 Å². The van der Waals surface area contributed by atoms with E-state index in [0.717, 1.165) is 6.54 Å². The van der Waals surface area contributed by atoms with Gasteiger partial charge in [0.25, 0.3) is 0 Å². The van der Waals surface area contributed by atoms with Crippen LogP contribution in [0.2, 0.25) is 0 Å². The van der Waals surface area contributed by atoms with Gasteiger partial charge in [-0.25, -0.2) is 0 Å². The molecule has 0 aliphatic heterocycles. The minimum absolute atomic E-state index is 0.343. The summed E-state index contributed by atoms with van der Waals surface area (Å²) < 4.78 is 1.67. The Bertz CT molecular complexity index is 295. The molecule has 72 valence electrons. The second-order valence-corrected chi connectivity index (χ2v) is 2.78. The molecule has 0 aliphatic rings. The normalized spacial score (nSPS) is 12.8. The standard InChI is InChI=1S/C7H13N5O/c1-2-12-4-5(10-11-12)3-6(8)7(9)13/h4,6H,2-3,8H2,1H3,(H2,9,13). The Kier molecular flexibility index (Phi) is 2.97. The van der Waals surface area contributed by atoms with Gasteiger partial charge in [-0.1, -0.05) is 5.21 Å². The molecule has 1 rings (SSSR count). The second kappa shape index (κ2) is 3.99. The maximum absolute atomic E-state index is 10.6. The van der Waals surface area contributed by atoms with Crippen molar-refractivity contribution in [1.29, 1.82) is 0 Å². The monoisotopic (exact) mass is 183 g/mol. The van der Waals surface area contributed by atoms with Gasteiger partial charge >= 0.3 is 0 Å². The number of nitrogens with two attached hydrogens (primary N) is 2. The molecule has 13 heavy (non-hydrogen) atoms. The number of hydrogen-bond donors (Lipinski definition) is 2. The lowest BCUT2D eigenvalue weighted by atomic mass is 10.2. The lowest BCUT2D eigenvalue weighted by molar-refractivity contribution is -0.119. The molecular weight excluding hydrogens is 170 g/mol. The highest BCUT2D eigenvalue weighted by Gasteiger charge is 2.11. The molecule has 0 bridgehead atoms. The van der Waals surface area contributed by atoms with Crippen LogP contribution in [-0.2, 0) is 17.8 Å². The van der Waals surface area contributed by atoms with Crippen LogP contribution in [0.4, 0.5) is 0 Å². The molecule has 0 fully saturated rings. The highest BCUT2D eigenvalue weighted by atomic mass is 16.1. The van der Waals surface area contributed by atoms with Gasteiger partial charge in [0.05, 0.1) is 11.7 Å². The molecule has 1 aromatic heterocycles. The summed E-state index contributed by atoms with van der Waals surface area (Å²) in [5.41, 5.74) is 11.1. The van der Waals surface area contributed by atoms with E-state index in [-0.39, 0.29) is 0 Å². The highest BCUT2D eigenvalue weighted by Crippen LogP contribution is 1.96. The zero-order valence-corrected chi connectivity index (χ0v) is 7.47. The fourth-order valence-electron chi connectivity index (χ4n) is 0.913. The quantitative estimate of drug-likeness (QED) is 0.603. The molecule has 1 aromatic rings. The van der Waals surface area contributed by atoms with Gasteiger partial charge in [0.15, 0.2) is 0 Å². The lowest BCUT2D eigenvalue weighted by Gasteiger charge is -2.02. The molecule has 1 unspecified atom stereocenters. The summed E-state index contributed by atoms with van der Waals surface area (Å²) in [4.78, 5) is 10.6. The Balaban J connectivity index is 2.58. The number of primary amides is 1. The van der Waals surface area contributed by atoms with Crippen LogP contribution in [0.15, 0.2) is 6.20 Å². The van der Waals surface area contributed by atoms with Crippen LogP contribution in [0, 0.1) is 0 Å². The van der Waals surface area contributed by atoms with Crippen molar-refractivity contribution in [2.24, 2.45) is 11.5 Å². The molecule has 0 spiro atoms. The molecule has 0 saturated carbocycles. The van der Waals surface area contributed by atoms with Gasteiger partial charge in [-0.05, 0) is 6.92 Å². The zero-order chi connectivity index (χ0) is 9.84. The van der Waals surface area contributed by atoms with Crippen LogP contribution in [0.5, 0.6) is 0 Å². The molecule has 6 heteroatoms. The Morgan fingerprint density at radius 1 is 1.77 bits per heavy atom. The number of rotatable bonds is 4. The molecule has 1 atom stereocenters. The van der Waals surface area contributed by atoms with Gasteiger partial charge < -0.3 is 11.5 Å². The molecule has 1 amide bonds. The molecule has 0 aliphatic carbocycles. The van der Waals surface area contributed by atoms with Gasteiger partial charge in [0.1, 0.15) is 0 Å². The van der Waals surface area contributed by atoms with E-state index in [4.69, 9.17) is 11.5 Å². The van der Waals surface area contributed by atoms with E-state index < -0.39 is 11.9 Å². The molecule has 0 saturated heterocycles. The van der Waals surface area contributed by atoms with Crippen molar-refractivity contribution in [3.8, 4) is 0 Å². The van der Waals surface area contributed by atoms with Crippen molar-refractivity contribution >= 4 is 5.91 Å². The number of nitrogens with zero attached hydrogens (tertiary/aromatic N) is 3. The third-order valence-corrected chi connectivity index (χ3v) is 1.70. The van der Waals surface area contributed by atoms with Crippen molar-refractivity contribution < 1.29 is 4.79 Å². The average Bonchev–Trinajstić information content (AvgIpc) is 2.52. The van der Waals surface area contributed by atoms with Crippen LogP contribution in [0.3, 0.4) is 0 Å². The van der Waals surface area contributed by atoms with E-state index in [9.17, 15) is 4.79 Å². The maximum atomic E-state index is 10.6. The first-order chi connectivity index (χ1) is 6.13. The van der Waals surface area contributed by atoms with E-state index in [2.05, 4.69) is 10.3 Å². The first-order valence-electron chi connectivity index (χ1n) is 4.07. The van der Waals surface area contributed by atoms with Gasteiger partial charge in [0, 0.05) is 19.2 Å². The van der Waals surface area contributed by atoms with Crippen molar-refractivity contribution in [3.63, 3.8) is 0 Å².